The first-order valence-electron chi connectivity index (χ1n) is 9.78. The van der Waals surface area contributed by atoms with Crippen molar-refractivity contribution in [3.05, 3.63) is 65.7 Å². The summed E-state index contributed by atoms with van der Waals surface area (Å²) in [6, 6.07) is 14.5. The van der Waals surface area contributed by atoms with Crippen LogP contribution in [0.4, 0.5) is 13.2 Å². The van der Waals surface area contributed by atoms with Crippen molar-refractivity contribution >= 4 is 11.8 Å². The highest BCUT2D eigenvalue weighted by Crippen LogP contribution is 2.38. The van der Waals surface area contributed by atoms with Crippen molar-refractivity contribution in [2.75, 3.05) is 6.54 Å². The van der Waals surface area contributed by atoms with Gasteiger partial charge in [-0.1, -0.05) is 30.3 Å². The number of carbonyl (C=O) groups is 2. The van der Waals surface area contributed by atoms with Gasteiger partial charge in [-0.25, -0.2) is 0 Å². The number of hydrogen-bond donors (Lipinski definition) is 1. The fraction of sp³-hybridized carbons (Fsp3) is 0.364. The molecule has 30 heavy (non-hydrogen) atoms. The first kappa shape index (κ1) is 20.3. The number of nitrogens with one attached hydrogen (secondary N) is 1. The second-order valence-electron chi connectivity index (χ2n) is 7.75. The topological polar surface area (TPSA) is 58.6 Å². The van der Waals surface area contributed by atoms with E-state index in [1.165, 1.54) is 24.3 Å². The Balaban J connectivity index is 1.30. The maximum absolute atomic E-state index is 12.7. The lowest BCUT2D eigenvalue weighted by atomic mass is 10.0. The lowest BCUT2D eigenvalue weighted by molar-refractivity contribution is -0.274. The first-order chi connectivity index (χ1) is 14.3. The highest BCUT2D eigenvalue weighted by Gasteiger charge is 2.46. The van der Waals surface area contributed by atoms with Crippen molar-refractivity contribution in [3.63, 3.8) is 0 Å². The zero-order chi connectivity index (χ0) is 21.3. The number of alkyl halides is 3. The van der Waals surface area contributed by atoms with E-state index in [1.807, 2.05) is 23.1 Å². The number of amides is 2. The van der Waals surface area contributed by atoms with Crippen LogP contribution in [0.5, 0.6) is 5.75 Å². The van der Waals surface area contributed by atoms with E-state index < -0.39 is 6.36 Å². The zero-order valence-electron chi connectivity index (χ0n) is 16.1. The molecule has 1 saturated heterocycles. The molecule has 0 aromatic heterocycles. The molecule has 2 aromatic rings. The number of likely N-dealkylation sites (tertiary alicyclic amines) is 1. The van der Waals surface area contributed by atoms with Crippen molar-refractivity contribution < 1.29 is 27.5 Å². The molecule has 8 heteroatoms. The molecule has 2 amide bonds. The minimum atomic E-state index is -4.74. The number of hydrogen-bond acceptors (Lipinski definition) is 3. The van der Waals surface area contributed by atoms with E-state index in [0.29, 0.717) is 24.1 Å². The lowest BCUT2D eigenvalue weighted by Crippen LogP contribution is -2.48. The molecule has 158 valence electrons. The summed E-state index contributed by atoms with van der Waals surface area (Å²) in [7, 11) is 0. The predicted octanol–water partition coefficient (Wildman–Crippen LogP) is 3.55. The predicted molar refractivity (Wildman–Crippen MR) is 103 cm³/mol. The summed E-state index contributed by atoms with van der Waals surface area (Å²) in [5, 5.41) is 3.08. The molecule has 2 aliphatic rings. The number of halogens is 3. The Morgan fingerprint density at radius 3 is 2.33 bits per heavy atom. The van der Waals surface area contributed by atoms with Crippen LogP contribution in [0.15, 0.2) is 54.6 Å². The third kappa shape index (κ3) is 4.58. The molecule has 1 heterocycles. The Morgan fingerprint density at radius 2 is 1.73 bits per heavy atom. The van der Waals surface area contributed by atoms with Crippen LogP contribution >= 0.6 is 0 Å². The minimum absolute atomic E-state index is 0.0468. The second-order valence-corrected chi connectivity index (χ2v) is 7.75. The lowest BCUT2D eigenvalue weighted by Gasteiger charge is -2.32. The maximum atomic E-state index is 12.7. The number of carbonyl (C=O) groups excluding carboxylic acids is 2. The highest BCUT2D eigenvalue weighted by molar-refractivity contribution is 5.94. The minimum Gasteiger partial charge on any atom is -0.406 e. The number of nitrogens with zero attached hydrogens (tertiary/aromatic N) is 1. The van der Waals surface area contributed by atoms with Crippen LogP contribution in [0.1, 0.15) is 28.8 Å². The van der Waals surface area contributed by atoms with Crippen LogP contribution < -0.4 is 10.1 Å². The summed E-state index contributed by atoms with van der Waals surface area (Å²) in [4.78, 5) is 26.9. The Labute approximate surface area is 171 Å². The van der Waals surface area contributed by atoms with E-state index in [1.54, 1.807) is 12.1 Å². The molecule has 2 fully saturated rings. The Morgan fingerprint density at radius 1 is 1.03 bits per heavy atom. The summed E-state index contributed by atoms with van der Waals surface area (Å²) >= 11 is 0. The standard InChI is InChI=1S/C22H21F3N2O3/c23-22(24,25)30-18-8-6-14(7-9-18)10-20(28)27-13-16-11-17(27)12-19(16)26-21(29)15-4-2-1-3-5-15/h1-9,16-17,19H,10-13H2,(H,26,29)/t16-,17-,19-/m0/s1. The molecule has 0 unspecified atom stereocenters. The molecular weight excluding hydrogens is 397 g/mol. The van der Waals surface area contributed by atoms with Crippen molar-refractivity contribution in [2.45, 2.75) is 37.7 Å². The molecule has 1 aliphatic carbocycles. The fourth-order valence-corrected chi connectivity index (χ4v) is 4.36. The van der Waals surface area contributed by atoms with Gasteiger partial charge in [0, 0.05) is 24.2 Å². The van der Waals surface area contributed by atoms with Gasteiger partial charge in [-0.3, -0.25) is 9.59 Å². The molecule has 5 nitrogen and oxygen atoms in total. The smallest absolute Gasteiger partial charge is 0.406 e. The molecule has 1 aliphatic heterocycles. The van der Waals surface area contributed by atoms with Gasteiger partial charge in [-0.05, 0) is 48.6 Å². The van der Waals surface area contributed by atoms with E-state index in [4.69, 9.17) is 0 Å². The molecule has 1 saturated carbocycles. The van der Waals surface area contributed by atoms with Crippen LogP contribution in [-0.4, -0.2) is 41.7 Å². The molecule has 2 aromatic carbocycles. The monoisotopic (exact) mass is 418 g/mol. The normalized spacial score (nSPS) is 22.8. The van der Waals surface area contributed by atoms with Gasteiger partial charge in [-0.15, -0.1) is 13.2 Å². The molecule has 4 rings (SSSR count). The van der Waals surface area contributed by atoms with Crippen LogP contribution in [0, 0.1) is 5.92 Å². The van der Waals surface area contributed by atoms with E-state index >= 15 is 0 Å². The van der Waals surface area contributed by atoms with Gasteiger partial charge < -0.3 is 15.0 Å². The van der Waals surface area contributed by atoms with E-state index in [0.717, 1.165) is 6.42 Å². The van der Waals surface area contributed by atoms with E-state index in [-0.39, 0.29) is 42.0 Å². The van der Waals surface area contributed by atoms with Gasteiger partial charge in [0.2, 0.25) is 5.91 Å². The Hall–Kier alpha value is -3.03. The summed E-state index contributed by atoms with van der Waals surface area (Å²) in [5.41, 5.74) is 1.25. The number of ether oxygens (including phenoxy) is 1. The second kappa shape index (κ2) is 8.01. The van der Waals surface area contributed by atoms with Crippen molar-refractivity contribution in [3.8, 4) is 5.75 Å². The Kier molecular flexibility index (Phi) is 5.40. The number of piperidine rings is 1. The maximum Gasteiger partial charge on any atom is 0.573 e. The van der Waals surface area contributed by atoms with Gasteiger partial charge in [-0.2, -0.15) is 0 Å². The third-order valence-electron chi connectivity index (χ3n) is 5.73. The van der Waals surface area contributed by atoms with Crippen LogP contribution in [0.2, 0.25) is 0 Å². The Bertz CT molecular complexity index is 915. The third-order valence-corrected chi connectivity index (χ3v) is 5.73. The van der Waals surface area contributed by atoms with Crippen molar-refractivity contribution in [2.24, 2.45) is 5.92 Å². The fourth-order valence-electron chi connectivity index (χ4n) is 4.36. The summed E-state index contributed by atoms with van der Waals surface area (Å²) < 4.78 is 40.6. The van der Waals surface area contributed by atoms with Crippen LogP contribution in [0.3, 0.4) is 0 Å². The number of rotatable bonds is 5. The molecule has 1 N–H and O–H groups in total. The largest absolute Gasteiger partial charge is 0.573 e. The molecule has 2 bridgehead atoms. The summed E-state index contributed by atoms with van der Waals surface area (Å²) in [5.74, 6) is -0.253. The molecular formula is C22H21F3N2O3. The first-order valence-corrected chi connectivity index (χ1v) is 9.78. The van der Waals surface area contributed by atoms with E-state index in [2.05, 4.69) is 10.1 Å². The zero-order valence-corrected chi connectivity index (χ0v) is 16.1. The average molecular weight is 418 g/mol. The number of fused-ring (bicyclic) bond motifs is 2. The van der Waals surface area contributed by atoms with Gasteiger partial charge in [0.05, 0.1) is 6.42 Å². The van der Waals surface area contributed by atoms with Crippen molar-refractivity contribution in [1.82, 2.24) is 10.2 Å². The quantitative estimate of drug-likeness (QED) is 0.808. The van der Waals surface area contributed by atoms with E-state index in [9.17, 15) is 22.8 Å². The summed E-state index contributed by atoms with van der Waals surface area (Å²) in [6.07, 6.45) is -3.05. The molecule has 0 spiro atoms. The van der Waals surface area contributed by atoms with Gasteiger partial charge in [0.25, 0.3) is 5.91 Å². The molecule has 0 radical (unpaired) electrons. The van der Waals surface area contributed by atoms with Gasteiger partial charge in [0.15, 0.2) is 0 Å². The van der Waals surface area contributed by atoms with Crippen LogP contribution in [-0.2, 0) is 11.2 Å². The number of benzene rings is 2. The van der Waals surface area contributed by atoms with Crippen LogP contribution in [0.25, 0.3) is 0 Å². The SMILES string of the molecule is O=C(N[C@H]1C[C@@H]2C[C@H]1CN2C(=O)Cc1ccc(OC(F)(F)F)cc1)c1ccccc1. The highest BCUT2D eigenvalue weighted by atomic mass is 19.4. The van der Waals surface area contributed by atoms with Gasteiger partial charge in [0.1, 0.15) is 5.75 Å². The van der Waals surface area contributed by atoms with Gasteiger partial charge >= 0.3 is 6.36 Å². The van der Waals surface area contributed by atoms with Crippen molar-refractivity contribution in [1.29, 1.82) is 0 Å². The average Bonchev–Trinajstić information content (AvgIpc) is 3.29. The summed E-state index contributed by atoms with van der Waals surface area (Å²) in [6.45, 7) is 0.582. The molecule has 3 atom stereocenters.